The molecule has 5 rings (SSSR count). The summed E-state index contributed by atoms with van der Waals surface area (Å²) in [4.78, 5) is 18.5. The van der Waals surface area contributed by atoms with E-state index >= 15 is 0 Å². The molecule has 1 unspecified atom stereocenters. The fourth-order valence-corrected chi connectivity index (χ4v) is 6.36. The van der Waals surface area contributed by atoms with E-state index in [0.29, 0.717) is 35.2 Å². The smallest absolute Gasteiger partial charge is 0.258 e. The van der Waals surface area contributed by atoms with Crippen LogP contribution in [0.25, 0.3) is 20.8 Å². The molecule has 10 nitrogen and oxygen atoms in total. The van der Waals surface area contributed by atoms with Gasteiger partial charge in [-0.1, -0.05) is 31.1 Å². The molecule has 3 aromatic heterocycles. The lowest BCUT2D eigenvalue weighted by Crippen LogP contribution is -2.33. The largest absolute Gasteiger partial charge is 0.479 e. The zero-order valence-electron chi connectivity index (χ0n) is 21.5. The summed E-state index contributed by atoms with van der Waals surface area (Å²) in [6.07, 6.45) is 1.85. The number of carbonyl (C=O) groups excluding carboxylic acids is 1. The van der Waals surface area contributed by atoms with Crippen molar-refractivity contribution in [3.05, 3.63) is 35.9 Å². The number of alkyl halides is 1. The van der Waals surface area contributed by atoms with Crippen molar-refractivity contribution in [2.75, 3.05) is 12.4 Å². The van der Waals surface area contributed by atoms with Gasteiger partial charge in [0.15, 0.2) is 0 Å². The third-order valence-corrected chi connectivity index (χ3v) is 8.24. The number of aryl methyl sites for hydroxylation is 1. The topological polar surface area (TPSA) is 119 Å². The van der Waals surface area contributed by atoms with Crippen molar-refractivity contribution in [1.82, 2.24) is 30.6 Å². The first-order valence-corrected chi connectivity index (χ1v) is 13.6. The summed E-state index contributed by atoms with van der Waals surface area (Å²) in [5.41, 5.74) is 1.16. The monoisotopic (exact) mass is 559 g/mol. The Bertz CT molecular complexity index is 1450. The van der Waals surface area contributed by atoms with Crippen LogP contribution in [-0.2, 0) is 13.6 Å². The number of methoxy groups -OCH3 is 1. The molecule has 1 fully saturated rings. The Morgan fingerprint density at radius 1 is 1.37 bits per heavy atom. The molecule has 38 heavy (non-hydrogen) atoms. The van der Waals surface area contributed by atoms with E-state index in [2.05, 4.69) is 45.0 Å². The molecule has 3 N–H and O–H groups in total. The van der Waals surface area contributed by atoms with Gasteiger partial charge in [-0.05, 0) is 18.9 Å². The van der Waals surface area contributed by atoms with Gasteiger partial charge >= 0.3 is 0 Å². The van der Waals surface area contributed by atoms with Crippen LogP contribution in [0, 0.1) is 0 Å². The Morgan fingerprint density at radius 3 is 2.95 bits per heavy atom. The number of rotatable bonds is 9. The highest BCUT2D eigenvalue weighted by Crippen LogP contribution is 2.43. The molecular formula is C25H30FN7O3S2. The summed E-state index contributed by atoms with van der Waals surface area (Å²) in [7, 11) is 3.16. The quantitative estimate of drug-likeness (QED) is 0.226. The fourth-order valence-electron chi connectivity index (χ4n) is 4.76. The minimum atomic E-state index is -0.932. The Balaban J connectivity index is 1.31. The van der Waals surface area contributed by atoms with Crippen LogP contribution in [0.4, 0.5) is 10.1 Å². The number of benzene rings is 1. The van der Waals surface area contributed by atoms with Gasteiger partial charge in [-0.15, -0.1) is 29.1 Å². The van der Waals surface area contributed by atoms with Gasteiger partial charge in [0.05, 0.1) is 35.0 Å². The Morgan fingerprint density at radius 2 is 2.18 bits per heavy atom. The van der Waals surface area contributed by atoms with Gasteiger partial charge in [-0.3, -0.25) is 9.48 Å². The molecule has 4 aromatic rings. The summed E-state index contributed by atoms with van der Waals surface area (Å²) >= 11 is 6.21. The molecule has 3 atom stereocenters. The van der Waals surface area contributed by atoms with E-state index in [0.717, 1.165) is 20.7 Å². The van der Waals surface area contributed by atoms with E-state index in [1.165, 1.54) is 23.1 Å². The van der Waals surface area contributed by atoms with Crippen molar-refractivity contribution in [2.45, 2.75) is 62.4 Å². The number of carbonyl (C=O) groups is 1. The number of nitrogens with zero attached hydrogens (tertiary/aromatic N) is 4. The molecule has 1 amide bonds. The van der Waals surface area contributed by atoms with Gasteiger partial charge in [0.25, 0.3) is 5.91 Å². The second-order valence-corrected chi connectivity index (χ2v) is 11.1. The Kier molecular flexibility index (Phi) is 7.59. The second-order valence-electron chi connectivity index (χ2n) is 9.64. The number of fused-ring (bicyclic) bond motifs is 1. The molecule has 13 heteroatoms. The van der Waals surface area contributed by atoms with Gasteiger partial charge in [-0.25, -0.2) is 4.39 Å². The first kappa shape index (κ1) is 26.4. The fraction of sp³-hybridized carbons (Fsp3) is 0.440. The normalized spacial score (nSPS) is 19.4. The van der Waals surface area contributed by atoms with Crippen molar-refractivity contribution in [3.63, 3.8) is 0 Å². The van der Waals surface area contributed by atoms with Crippen molar-refractivity contribution in [3.8, 4) is 16.6 Å². The maximum atomic E-state index is 14.8. The van der Waals surface area contributed by atoms with Gasteiger partial charge in [0.1, 0.15) is 11.7 Å². The average molecular weight is 560 g/mol. The van der Waals surface area contributed by atoms with Crippen LogP contribution >= 0.6 is 24.0 Å². The number of hydrogen-bond donors (Lipinski definition) is 4. The third kappa shape index (κ3) is 5.36. The zero-order valence-corrected chi connectivity index (χ0v) is 23.2. The molecule has 3 heterocycles. The molecule has 1 aliphatic rings. The summed E-state index contributed by atoms with van der Waals surface area (Å²) < 4.78 is 27.8. The third-order valence-electron chi connectivity index (χ3n) is 6.39. The molecular weight excluding hydrogens is 529 g/mol. The molecule has 1 saturated carbocycles. The van der Waals surface area contributed by atoms with Crippen LogP contribution < -0.4 is 20.7 Å². The van der Waals surface area contributed by atoms with Gasteiger partial charge < -0.3 is 25.2 Å². The predicted molar refractivity (Wildman–Crippen MR) is 147 cm³/mol. The number of hydrogen-bond acceptors (Lipinski definition) is 10. The average Bonchev–Trinajstić information content (AvgIpc) is 3.64. The van der Waals surface area contributed by atoms with Crippen LogP contribution in [0.15, 0.2) is 33.8 Å². The minimum absolute atomic E-state index is 0.0363. The zero-order chi connectivity index (χ0) is 27.0. The lowest BCUT2D eigenvalue weighted by molar-refractivity contribution is 0.0943. The van der Waals surface area contributed by atoms with Crippen LogP contribution in [0.2, 0.25) is 0 Å². The molecule has 1 aromatic carbocycles. The highest BCUT2D eigenvalue weighted by molar-refractivity contribution is 7.81. The van der Waals surface area contributed by atoms with Gasteiger partial charge in [-0.2, -0.15) is 4.98 Å². The number of nitrogens with one attached hydrogen (secondary N) is 3. The number of anilines is 1. The van der Waals surface area contributed by atoms with Crippen LogP contribution in [-0.4, -0.2) is 57.2 Å². The van der Waals surface area contributed by atoms with Crippen LogP contribution in [0.5, 0.6) is 5.88 Å². The number of ether oxygens (including phenoxy) is 1. The van der Waals surface area contributed by atoms with Crippen molar-refractivity contribution in [1.29, 1.82) is 0 Å². The Hall–Kier alpha value is -3.16. The first-order chi connectivity index (χ1) is 18.2. The van der Waals surface area contributed by atoms with E-state index in [9.17, 15) is 9.18 Å². The standard InChI is InChI=1S/C25H30FN7O3S2/c1-12(2)28-13-8-16(26)18(9-13)29-17-7-5-6-14-20(37)22(38-21(14)17)23-30-19(36-32-23)10-27-24(34)15-11-33(3)31-25(15)35-4/h5-7,11-13,16,18,28-29,37H,8-10H2,1-4H3,(H,27,34)/t13-,16+,18?/m1/s1. The molecule has 0 radical (unpaired) electrons. The molecule has 0 saturated heterocycles. The molecule has 0 spiro atoms. The van der Waals surface area contributed by atoms with E-state index in [4.69, 9.17) is 21.9 Å². The highest BCUT2D eigenvalue weighted by atomic mass is 32.1. The summed E-state index contributed by atoms with van der Waals surface area (Å²) in [5.74, 6) is 0.477. The maximum absolute atomic E-state index is 14.8. The number of thiol groups is 1. The second kappa shape index (κ2) is 10.9. The molecule has 0 bridgehead atoms. The van der Waals surface area contributed by atoms with Crippen molar-refractivity contribution in [2.24, 2.45) is 7.05 Å². The van der Waals surface area contributed by atoms with Crippen LogP contribution in [0.1, 0.15) is 42.9 Å². The van der Waals surface area contributed by atoms with E-state index in [1.54, 1.807) is 13.2 Å². The number of halogens is 1. The lowest BCUT2D eigenvalue weighted by Gasteiger charge is -2.18. The molecule has 1 aliphatic carbocycles. The Labute approximate surface area is 228 Å². The van der Waals surface area contributed by atoms with E-state index in [1.807, 2.05) is 18.2 Å². The maximum Gasteiger partial charge on any atom is 0.258 e. The van der Waals surface area contributed by atoms with Crippen LogP contribution in [0.3, 0.4) is 0 Å². The SMILES string of the molecule is COc1nn(C)cc1C(=O)NCc1nc(-c2sc3c(NC4C[C@H](NC(C)C)C[C@@H]4F)cccc3c2S)no1. The van der Waals surface area contributed by atoms with Gasteiger partial charge in [0, 0.05) is 35.6 Å². The van der Waals surface area contributed by atoms with E-state index in [-0.39, 0.29) is 36.3 Å². The van der Waals surface area contributed by atoms with E-state index < -0.39 is 6.17 Å². The predicted octanol–water partition coefficient (Wildman–Crippen LogP) is 4.19. The summed E-state index contributed by atoms with van der Waals surface area (Å²) in [6, 6.07) is 6.04. The number of amides is 1. The van der Waals surface area contributed by atoms with Gasteiger partial charge in [0.2, 0.25) is 17.6 Å². The van der Waals surface area contributed by atoms with Crippen molar-refractivity contribution >= 4 is 45.6 Å². The number of aromatic nitrogens is 4. The molecule has 202 valence electrons. The van der Waals surface area contributed by atoms with Crippen molar-refractivity contribution < 1.29 is 18.4 Å². The number of thiophene rings is 1. The minimum Gasteiger partial charge on any atom is -0.479 e. The summed E-state index contributed by atoms with van der Waals surface area (Å²) in [6.45, 7) is 4.19. The summed E-state index contributed by atoms with van der Waals surface area (Å²) in [5, 5.41) is 18.7. The highest BCUT2D eigenvalue weighted by Gasteiger charge is 2.35. The molecule has 0 aliphatic heterocycles. The first-order valence-electron chi connectivity index (χ1n) is 12.3. The lowest BCUT2D eigenvalue weighted by atomic mass is 10.1.